The van der Waals surface area contributed by atoms with Gasteiger partial charge in [0.2, 0.25) is 0 Å². The lowest BCUT2D eigenvalue weighted by atomic mass is 9.90. The monoisotopic (exact) mass is 320 g/mol. The molecule has 1 saturated heterocycles. The Morgan fingerprint density at radius 1 is 1.36 bits per heavy atom. The molecule has 5 nitrogen and oxygen atoms in total. The average molecular weight is 321 g/mol. The van der Waals surface area contributed by atoms with Crippen molar-refractivity contribution in [2.45, 2.75) is 25.8 Å². The van der Waals surface area contributed by atoms with Crippen LogP contribution in [0.2, 0.25) is 0 Å². The van der Waals surface area contributed by atoms with E-state index in [4.69, 9.17) is 5.73 Å². The van der Waals surface area contributed by atoms with Gasteiger partial charge >= 0.3 is 0 Å². The number of fused-ring (bicyclic) bond motifs is 1. The van der Waals surface area contributed by atoms with Crippen molar-refractivity contribution in [3.63, 3.8) is 0 Å². The van der Waals surface area contributed by atoms with Crippen LogP contribution in [0.1, 0.15) is 30.1 Å². The van der Waals surface area contributed by atoms with E-state index in [9.17, 15) is 4.79 Å². The Morgan fingerprint density at radius 2 is 2.14 bits per heavy atom. The molecule has 1 aromatic carbocycles. The fraction of sp³-hybridized carbons (Fsp3) is 0.438. The largest absolute Gasteiger partial charge is 0.334 e. The Bertz CT molecular complexity index is 658. The van der Waals surface area contributed by atoms with Crippen LogP contribution in [0.4, 0.5) is 0 Å². The number of hydrogen-bond acceptors (Lipinski definition) is 4. The zero-order valence-electron chi connectivity index (χ0n) is 12.6. The Hall–Kier alpha value is -1.72. The lowest BCUT2D eigenvalue weighted by molar-refractivity contribution is 0.0534. The first kappa shape index (κ1) is 16.6. The van der Waals surface area contributed by atoms with E-state index < -0.39 is 0 Å². The number of aromatic nitrogens is 2. The molecule has 0 aliphatic carbocycles. The lowest BCUT2D eigenvalue weighted by Crippen LogP contribution is -2.51. The van der Waals surface area contributed by atoms with Gasteiger partial charge < -0.3 is 10.6 Å². The highest BCUT2D eigenvalue weighted by molar-refractivity contribution is 6.04. The van der Waals surface area contributed by atoms with Crippen molar-refractivity contribution >= 4 is 29.3 Å². The van der Waals surface area contributed by atoms with Crippen LogP contribution >= 0.6 is 12.4 Å². The van der Waals surface area contributed by atoms with Gasteiger partial charge in [0, 0.05) is 31.5 Å². The minimum atomic E-state index is 0. The Kier molecular flexibility index (Phi) is 5.32. The number of amides is 1. The van der Waals surface area contributed by atoms with E-state index in [-0.39, 0.29) is 24.4 Å². The molecule has 0 radical (unpaired) electrons. The number of carbonyl (C=O) groups excluding carboxylic acids is 1. The number of hydrogen-bond donors (Lipinski definition) is 1. The van der Waals surface area contributed by atoms with Gasteiger partial charge in [0.1, 0.15) is 5.52 Å². The molecule has 2 heterocycles. The van der Waals surface area contributed by atoms with Crippen molar-refractivity contribution in [2.24, 2.45) is 11.7 Å². The highest BCUT2D eigenvalue weighted by atomic mass is 35.5. The molecule has 2 unspecified atom stereocenters. The molecule has 6 heteroatoms. The number of piperidine rings is 1. The number of benzene rings is 1. The summed E-state index contributed by atoms with van der Waals surface area (Å²) in [5, 5.41) is 0. The van der Waals surface area contributed by atoms with Gasteiger partial charge in [-0.3, -0.25) is 14.8 Å². The van der Waals surface area contributed by atoms with Crippen LogP contribution in [-0.4, -0.2) is 39.9 Å². The first-order valence-corrected chi connectivity index (χ1v) is 7.43. The molecule has 118 valence electrons. The summed E-state index contributed by atoms with van der Waals surface area (Å²) in [6.45, 7) is 3.44. The van der Waals surface area contributed by atoms with E-state index in [0.29, 0.717) is 23.5 Å². The SMILES string of the molecule is CC1CCCN(C(=O)c2cccc3nccnc23)C1CN.Cl. The second-order valence-electron chi connectivity index (χ2n) is 5.65. The van der Waals surface area contributed by atoms with E-state index in [1.54, 1.807) is 12.4 Å². The molecule has 0 bridgehead atoms. The van der Waals surface area contributed by atoms with E-state index in [2.05, 4.69) is 16.9 Å². The van der Waals surface area contributed by atoms with Gasteiger partial charge in [-0.1, -0.05) is 13.0 Å². The maximum absolute atomic E-state index is 12.9. The third kappa shape index (κ3) is 2.91. The van der Waals surface area contributed by atoms with Crippen molar-refractivity contribution in [1.82, 2.24) is 14.9 Å². The summed E-state index contributed by atoms with van der Waals surface area (Å²) < 4.78 is 0. The molecule has 1 aromatic heterocycles. The summed E-state index contributed by atoms with van der Waals surface area (Å²) in [6, 6.07) is 5.66. The van der Waals surface area contributed by atoms with E-state index >= 15 is 0 Å². The van der Waals surface area contributed by atoms with Gasteiger partial charge in [-0.05, 0) is 30.9 Å². The topological polar surface area (TPSA) is 72.1 Å². The number of halogens is 1. The van der Waals surface area contributed by atoms with E-state index in [1.807, 2.05) is 23.1 Å². The van der Waals surface area contributed by atoms with Crippen molar-refractivity contribution in [3.05, 3.63) is 36.2 Å². The summed E-state index contributed by atoms with van der Waals surface area (Å²) in [4.78, 5) is 23.4. The number of nitrogens with two attached hydrogens (primary N) is 1. The summed E-state index contributed by atoms with van der Waals surface area (Å²) in [6.07, 6.45) is 5.42. The summed E-state index contributed by atoms with van der Waals surface area (Å²) >= 11 is 0. The molecule has 2 N–H and O–H groups in total. The van der Waals surface area contributed by atoms with Crippen LogP contribution in [0.5, 0.6) is 0 Å². The van der Waals surface area contributed by atoms with Crippen LogP contribution in [-0.2, 0) is 0 Å². The Labute approximate surface area is 136 Å². The molecule has 2 atom stereocenters. The number of rotatable bonds is 2. The Balaban J connectivity index is 0.00000176. The molecule has 3 rings (SSSR count). The molecule has 1 aliphatic heterocycles. The molecular weight excluding hydrogens is 300 g/mol. The van der Waals surface area contributed by atoms with Gasteiger partial charge in [-0.25, -0.2) is 0 Å². The number of nitrogens with zero attached hydrogens (tertiary/aromatic N) is 3. The van der Waals surface area contributed by atoms with Crippen LogP contribution in [0.3, 0.4) is 0 Å². The number of para-hydroxylation sites is 1. The van der Waals surface area contributed by atoms with Gasteiger partial charge in [0.05, 0.1) is 11.1 Å². The van der Waals surface area contributed by atoms with Crippen LogP contribution in [0, 0.1) is 5.92 Å². The highest BCUT2D eigenvalue weighted by Crippen LogP contribution is 2.25. The summed E-state index contributed by atoms with van der Waals surface area (Å²) in [7, 11) is 0. The van der Waals surface area contributed by atoms with Crippen LogP contribution < -0.4 is 5.73 Å². The third-order valence-electron chi connectivity index (χ3n) is 4.35. The number of likely N-dealkylation sites (tertiary alicyclic amines) is 1. The fourth-order valence-corrected chi connectivity index (χ4v) is 3.18. The molecular formula is C16H21ClN4O. The molecule has 0 spiro atoms. The van der Waals surface area contributed by atoms with E-state index in [1.165, 1.54) is 0 Å². The van der Waals surface area contributed by atoms with Crippen molar-refractivity contribution in [1.29, 1.82) is 0 Å². The van der Waals surface area contributed by atoms with Gasteiger partial charge in [-0.15, -0.1) is 12.4 Å². The van der Waals surface area contributed by atoms with Crippen molar-refractivity contribution < 1.29 is 4.79 Å². The van der Waals surface area contributed by atoms with Gasteiger partial charge in [0.15, 0.2) is 0 Å². The predicted octanol–water partition coefficient (Wildman–Crippen LogP) is 2.25. The predicted molar refractivity (Wildman–Crippen MR) is 89.1 cm³/mol. The fourth-order valence-electron chi connectivity index (χ4n) is 3.18. The van der Waals surface area contributed by atoms with E-state index in [0.717, 1.165) is 24.9 Å². The summed E-state index contributed by atoms with van der Waals surface area (Å²) in [5.74, 6) is 0.455. The zero-order chi connectivity index (χ0) is 14.8. The van der Waals surface area contributed by atoms with Crippen molar-refractivity contribution in [3.8, 4) is 0 Å². The second-order valence-corrected chi connectivity index (χ2v) is 5.65. The quantitative estimate of drug-likeness (QED) is 0.921. The summed E-state index contributed by atoms with van der Waals surface area (Å²) in [5.41, 5.74) is 7.92. The standard InChI is InChI=1S/C16H20N4O.ClH/c1-11-4-3-9-20(14(11)10-17)16(21)12-5-2-6-13-15(12)19-8-7-18-13;/h2,5-8,11,14H,3-4,9-10,17H2,1H3;1H. The minimum Gasteiger partial charge on any atom is -0.334 e. The highest BCUT2D eigenvalue weighted by Gasteiger charge is 2.32. The maximum atomic E-state index is 12.9. The Morgan fingerprint density at radius 3 is 2.91 bits per heavy atom. The van der Waals surface area contributed by atoms with Gasteiger partial charge in [0.25, 0.3) is 5.91 Å². The molecule has 1 amide bonds. The van der Waals surface area contributed by atoms with Crippen molar-refractivity contribution in [2.75, 3.05) is 13.1 Å². The molecule has 22 heavy (non-hydrogen) atoms. The number of carbonyl (C=O) groups is 1. The molecule has 2 aromatic rings. The normalized spacial score (nSPS) is 21.5. The second kappa shape index (κ2) is 7.03. The molecule has 1 aliphatic rings. The van der Waals surface area contributed by atoms with Gasteiger partial charge in [-0.2, -0.15) is 0 Å². The maximum Gasteiger partial charge on any atom is 0.256 e. The lowest BCUT2D eigenvalue weighted by Gasteiger charge is -2.39. The third-order valence-corrected chi connectivity index (χ3v) is 4.35. The molecule has 1 fully saturated rings. The van der Waals surface area contributed by atoms with Crippen LogP contribution in [0.15, 0.2) is 30.6 Å². The smallest absolute Gasteiger partial charge is 0.256 e. The minimum absolute atomic E-state index is 0. The first-order chi connectivity index (χ1) is 10.2. The zero-order valence-corrected chi connectivity index (χ0v) is 13.4. The average Bonchev–Trinajstić information content (AvgIpc) is 2.53. The first-order valence-electron chi connectivity index (χ1n) is 7.43. The van der Waals surface area contributed by atoms with Crippen LogP contribution in [0.25, 0.3) is 11.0 Å². The molecule has 0 saturated carbocycles.